The SMILES string of the molecule is CCOCC1(C)CCNCC1c1cccc(C)c1. The van der Waals surface area contributed by atoms with E-state index in [0.717, 1.165) is 26.3 Å². The smallest absolute Gasteiger partial charge is 0.0526 e. The molecule has 1 fully saturated rings. The fraction of sp³-hybridized carbons (Fsp3) is 0.625. The Morgan fingerprint density at radius 2 is 2.28 bits per heavy atom. The molecule has 2 heteroatoms. The molecule has 1 aliphatic rings. The summed E-state index contributed by atoms with van der Waals surface area (Å²) in [6.07, 6.45) is 1.19. The van der Waals surface area contributed by atoms with Crippen molar-refractivity contribution in [2.45, 2.75) is 33.1 Å². The molecule has 1 heterocycles. The highest BCUT2D eigenvalue weighted by molar-refractivity contribution is 5.28. The number of piperidine rings is 1. The third-order valence-electron chi connectivity index (χ3n) is 4.14. The minimum absolute atomic E-state index is 0.259. The van der Waals surface area contributed by atoms with Gasteiger partial charge >= 0.3 is 0 Å². The highest BCUT2D eigenvalue weighted by atomic mass is 16.5. The third kappa shape index (κ3) is 2.93. The molecule has 0 bridgehead atoms. The maximum Gasteiger partial charge on any atom is 0.0526 e. The highest BCUT2D eigenvalue weighted by Crippen LogP contribution is 2.40. The van der Waals surface area contributed by atoms with E-state index in [2.05, 4.69) is 50.4 Å². The van der Waals surface area contributed by atoms with E-state index in [1.165, 1.54) is 17.5 Å². The lowest BCUT2D eigenvalue weighted by molar-refractivity contribution is 0.0278. The van der Waals surface area contributed by atoms with Gasteiger partial charge in [0.25, 0.3) is 0 Å². The molecule has 1 saturated heterocycles. The first-order chi connectivity index (χ1) is 8.65. The van der Waals surface area contributed by atoms with Crippen LogP contribution in [0.2, 0.25) is 0 Å². The maximum absolute atomic E-state index is 5.73. The number of benzene rings is 1. The molecule has 1 aromatic carbocycles. The largest absolute Gasteiger partial charge is 0.381 e. The first-order valence-electron chi connectivity index (χ1n) is 7.01. The molecule has 1 aliphatic heterocycles. The van der Waals surface area contributed by atoms with Crippen molar-refractivity contribution in [3.63, 3.8) is 0 Å². The minimum Gasteiger partial charge on any atom is -0.381 e. The normalized spacial score (nSPS) is 28.3. The van der Waals surface area contributed by atoms with Gasteiger partial charge in [-0.15, -0.1) is 0 Å². The zero-order chi connectivity index (χ0) is 13.0. The quantitative estimate of drug-likeness (QED) is 0.882. The Morgan fingerprint density at radius 3 is 3.00 bits per heavy atom. The molecule has 0 radical (unpaired) electrons. The molecule has 1 aromatic rings. The average Bonchev–Trinajstić information content (AvgIpc) is 2.37. The van der Waals surface area contributed by atoms with E-state index in [-0.39, 0.29) is 5.41 Å². The van der Waals surface area contributed by atoms with Crippen LogP contribution in [-0.4, -0.2) is 26.3 Å². The Kier molecular flexibility index (Phi) is 4.41. The number of rotatable bonds is 4. The van der Waals surface area contributed by atoms with Crippen LogP contribution in [0.3, 0.4) is 0 Å². The second kappa shape index (κ2) is 5.85. The first kappa shape index (κ1) is 13.6. The lowest BCUT2D eigenvalue weighted by Crippen LogP contribution is -2.44. The van der Waals surface area contributed by atoms with Crippen molar-refractivity contribution in [2.75, 3.05) is 26.3 Å². The topological polar surface area (TPSA) is 21.3 Å². The molecule has 2 unspecified atom stereocenters. The summed E-state index contributed by atoms with van der Waals surface area (Å²) < 4.78 is 5.73. The first-order valence-corrected chi connectivity index (χ1v) is 7.01. The lowest BCUT2D eigenvalue weighted by atomic mass is 9.69. The second-order valence-electron chi connectivity index (χ2n) is 5.71. The van der Waals surface area contributed by atoms with E-state index >= 15 is 0 Å². The zero-order valence-corrected chi connectivity index (χ0v) is 11.8. The number of hydrogen-bond donors (Lipinski definition) is 1. The van der Waals surface area contributed by atoms with Gasteiger partial charge in [0.05, 0.1) is 6.61 Å². The number of ether oxygens (including phenoxy) is 1. The van der Waals surface area contributed by atoms with E-state index in [9.17, 15) is 0 Å². The average molecular weight is 247 g/mol. The Bertz CT molecular complexity index is 390. The molecule has 0 aliphatic carbocycles. The number of nitrogens with one attached hydrogen (secondary N) is 1. The molecular weight excluding hydrogens is 222 g/mol. The standard InChI is InChI=1S/C16H25NO/c1-4-18-12-16(3)8-9-17-11-15(16)14-7-5-6-13(2)10-14/h5-7,10,15,17H,4,8-9,11-12H2,1-3H3. The predicted octanol–water partition coefficient (Wildman–Crippen LogP) is 3.11. The van der Waals surface area contributed by atoms with Gasteiger partial charge in [-0.3, -0.25) is 0 Å². The van der Waals surface area contributed by atoms with Crippen LogP contribution in [-0.2, 0) is 4.74 Å². The van der Waals surface area contributed by atoms with Crippen LogP contribution >= 0.6 is 0 Å². The summed E-state index contributed by atoms with van der Waals surface area (Å²) in [6.45, 7) is 10.5. The van der Waals surface area contributed by atoms with Crippen LogP contribution in [0, 0.1) is 12.3 Å². The monoisotopic (exact) mass is 247 g/mol. The Labute approximate surface area is 111 Å². The highest BCUT2D eigenvalue weighted by Gasteiger charge is 2.37. The summed E-state index contributed by atoms with van der Waals surface area (Å²) in [5.41, 5.74) is 3.05. The van der Waals surface area contributed by atoms with Crippen LogP contribution in [0.1, 0.15) is 37.3 Å². The molecule has 0 amide bonds. The second-order valence-corrected chi connectivity index (χ2v) is 5.71. The molecule has 100 valence electrons. The van der Waals surface area contributed by atoms with Gasteiger partial charge in [-0.05, 0) is 32.4 Å². The molecule has 0 saturated carbocycles. The van der Waals surface area contributed by atoms with E-state index in [1.54, 1.807) is 0 Å². The zero-order valence-electron chi connectivity index (χ0n) is 11.8. The van der Waals surface area contributed by atoms with Gasteiger partial charge in [-0.2, -0.15) is 0 Å². The van der Waals surface area contributed by atoms with Gasteiger partial charge in [0.1, 0.15) is 0 Å². The van der Waals surface area contributed by atoms with Gasteiger partial charge in [0.2, 0.25) is 0 Å². The van der Waals surface area contributed by atoms with Crippen molar-refractivity contribution in [2.24, 2.45) is 5.41 Å². The summed E-state index contributed by atoms with van der Waals surface area (Å²) in [6, 6.07) is 8.91. The summed E-state index contributed by atoms with van der Waals surface area (Å²) in [5.74, 6) is 0.553. The van der Waals surface area contributed by atoms with E-state index in [0.29, 0.717) is 5.92 Å². The van der Waals surface area contributed by atoms with Crippen LogP contribution < -0.4 is 5.32 Å². The van der Waals surface area contributed by atoms with Crippen LogP contribution in [0.25, 0.3) is 0 Å². The van der Waals surface area contributed by atoms with Gasteiger partial charge < -0.3 is 10.1 Å². The number of hydrogen-bond acceptors (Lipinski definition) is 2. The van der Waals surface area contributed by atoms with Crippen molar-refractivity contribution in [3.8, 4) is 0 Å². The maximum atomic E-state index is 5.73. The molecule has 2 rings (SSSR count). The molecule has 0 spiro atoms. The Morgan fingerprint density at radius 1 is 1.44 bits per heavy atom. The lowest BCUT2D eigenvalue weighted by Gasteiger charge is -2.42. The van der Waals surface area contributed by atoms with E-state index in [1.807, 2.05) is 0 Å². The fourth-order valence-electron chi connectivity index (χ4n) is 2.96. The van der Waals surface area contributed by atoms with Crippen LogP contribution in [0.4, 0.5) is 0 Å². The van der Waals surface area contributed by atoms with Gasteiger partial charge in [-0.1, -0.05) is 36.8 Å². The van der Waals surface area contributed by atoms with Crippen molar-refractivity contribution in [3.05, 3.63) is 35.4 Å². The summed E-state index contributed by atoms with van der Waals surface area (Å²) >= 11 is 0. The summed E-state index contributed by atoms with van der Waals surface area (Å²) in [7, 11) is 0. The molecular formula is C16H25NO. The molecule has 1 N–H and O–H groups in total. The third-order valence-corrected chi connectivity index (χ3v) is 4.14. The Balaban J connectivity index is 2.22. The molecule has 2 atom stereocenters. The Hall–Kier alpha value is -0.860. The van der Waals surface area contributed by atoms with Gasteiger partial charge in [0, 0.05) is 24.5 Å². The molecule has 18 heavy (non-hydrogen) atoms. The van der Waals surface area contributed by atoms with Crippen molar-refractivity contribution >= 4 is 0 Å². The van der Waals surface area contributed by atoms with Crippen molar-refractivity contribution < 1.29 is 4.74 Å². The van der Waals surface area contributed by atoms with E-state index < -0.39 is 0 Å². The van der Waals surface area contributed by atoms with Crippen LogP contribution in [0.5, 0.6) is 0 Å². The van der Waals surface area contributed by atoms with Crippen LogP contribution in [0.15, 0.2) is 24.3 Å². The van der Waals surface area contributed by atoms with Gasteiger partial charge in [0.15, 0.2) is 0 Å². The minimum atomic E-state index is 0.259. The summed E-state index contributed by atoms with van der Waals surface area (Å²) in [5, 5.41) is 3.53. The molecule has 0 aromatic heterocycles. The number of aryl methyl sites for hydroxylation is 1. The molecule has 2 nitrogen and oxygen atoms in total. The van der Waals surface area contributed by atoms with Crippen molar-refractivity contribution in [1.82, 2.24) is 5.32 Å². The fourth-order valence-corrected chi connectivity index (χ4v) is 2.96. The summed E-state index contributed by atoms with van der Waals surface area (Å²) in [4.78, 5) is 0. The predicted molar refractivity (Wildman–Crippen MR) is 76.0 cm³/mol. The van der Waals surface area contributed by atoms with E-state index in [4.69, 9.17) is 4.74 Å². The van der Waals surface area contributed by atoms with Crippen molar-refractivity contribution in [1.29, 1.82) is 0 Å². The van der Waals surface area contributed by atoms with Gasteiger partial charge in [-0.25, -0.2) is 0 Å².